The van der Waals surface area contributed by atoms with E-state index in [1.54, 1.807) is 13.3 Å². The molecule has 0 radical (unpaired) electrons. The van der Waals surface area contributed by atoms with Crippen LogP contribution in [0.25, 0.3) is 0 Å². The molecule has 0 aromatic heterocycles. The maximum absolute atomic E-state index is 11.9. The molecule has 0 atom stereocenters. The van der Waals surface area contributed by atoms with E-state index >= 15 is 0 Å². The van der Waals surface area contributed by atoms with E-state index in [0.29, 0.717) is 0 Å². The second-order valence-electron chi connectivity index (χ2n) is 3.26. The van der Waals surface area contributed by atoms with Crippen molar-refractivity contribution in [3.63, 3.8) is 0 Å². The minimum Gasteiger partial charge on any atom is -0.387 e. The first-order chi connectivity index (χ1) is 5.95. The van der Waals surface area contributed by atoms with E-state index in [-0.39, 0.29) is 0 Å². The number of benzene rings is 1. The van der Waals surface area contributed by atoms with Crippen LogP contribution >= 0.6 is 23.1 Å². The molecule has 4 heteroatoms. The third-order valence-corrected chi connectivity index (χ3v) is 3.85. The predicted molar refractivity (Wildman–Crippen MR) is 62.8 cm³/mol. The lowest BCUT2D eigenvalue weighted by Gasteiger charge is -2.13. The molecule has 0 heterocycles. The van der Waals surface area contributed by atoms with Crippen LogP contribution in [0.15, 0.2) is 22.7 Å². The summed E-state index contributed by atoms with van der Waals surface area (Å²) < 4.78 is 12.8. The predicted octanol–water partition coefficient (Wildman–Crippen LogP) is 2.74. The smallest absolute Gasteiger partial charge is 0.111 e. The van der Waals surface area contributed by atoms with Gasteiger partial charge in [0.25, 0.3) is 0 Å². The van der Waals surface area contributed by atoms with Gasteiger partial charge in [0.2, 0.25) is 0 Å². The van der Waals surface area contributed by atoms with Crippen molar-refractivity contribution in [3.05, 3.63) is 22.7 Å². The van der Waals surface area contributed by atoms with Crippen molar-refractivity contribution in [1.82, 2.24) is 0 Å². The topological polar surface area (TPSA) is 29.1 Å². The lowest BCUT2D eigenvalue weighted by atomic mass is 10.3. The van der Waals surface area contributed by atoms with E-state index in [1.807, 2.05) is 25.2 Å². The third-order valence-electron chi connectivity index (χ3n) is 1.81. The summed E-state index contributed by atoms with van der Waals surface area (Å²) in [5.41, 5.74) is 0.933. The Balaban J connectivity index is 3.30. The molecule has 2 nitrogen and oxygen atoms in total. The SMILES string of the molecule is CNc1cc(Br)ccc1P(C)(C)=O. The summed E-state index contributed by atoms with van der Waals surface area (Å²) in [6.45, 7) is 3.55. The second kappa shape index (κ2) is 3.85. The van der Waals surface area contributed by atoms with Crippen molar-refractivity contribution in [2.45, 2.75) is 0 Å². The summed E-state index contributed by atoms with van der Waals surface area (Å²) >= 11 is 3.37. The first kappa shape index (κ1) is 10.8. The molecule has 1 aromatic carbocycles. The van der Waals surface area contributed by atoms with E-state index in [1.165, 1.54) is 0 Å². The molecule has 1 rings (SSSR count). The molecule has 0 unspecified atom stereocenters. The van der Waals surface area contributed by atoms with Crippen LogP contribution in [0, 0.1) is 0 Å². The maximum atomic E-state index is 11.9. The van der Waals surface area contributed by atoms with E-state index in [4.69, 9.17) is 0 Å². The van der Waals surface area contributed by atoms with Crippen LogP contribution in [0.3, 0.4) is 0 Å². The molecule has 13 heavy (non-hydrogen) atoms. The molecule has 0 spiro atoms. The summed E-state index contributed by atoms with van der Waals surface area (Å²) in [5, 5.41) is 3.94. The minimum atomic E-state index is -2.18. The van der Waals surface area contributed by atoms with Gasteiger partial charge < -0.3 is 9.88 Å². The van der Waals surface area contributed by atoms with Crippen LogP contribution in [0.2, 0.25) is 0 Å². The standard InChI is InChI=1S/C9H13BrNOP/c1-11-8-6-7(10)4-5-9(8)13(2,3)12/h4-6,11H,1-3H3. The normalized spacial score (nSPS) is 11.4. The van der Waals surface area contributed by atoms with Crippen molar-refractivity contribution >= 4 is 34.1 Å². The molecule has 0 saturated heterocycles. The Kier molecular flexibility index (Phi) is 3.20. The average Bonchev–Trinajstić information content (AvgIpc) is 2.01. The Morgan fingerprint density at radius 2 is 2.00 bits per heavy atom. The molecular formula is C9H13BrNOP. The van der Waals surface area contributed by atoms with Gasteiger partial charge >= 0.3 is 0 Å². The third kappa shape index (κ3) is 2.58. The molecule has 0 aliphatic carbocycles. The van der Waals surface area contributed by atoms with Crippen molar-refractivity contribution in [2.75, 3.05) is 25.7 Å². The van der Waals surface area contributed by atoms with Crippen molar-refractivity contribution < 1.29 is 4.57 Å². The Labute approximate surface area is 87.2 Å². The van der Waals surface area contributed by atoms with Gasteiger partial charge in [-0.05, 0) is 31.5 Å². The Morgan fingerprint density at radius 3 is 2.46 bits per heavy atom. The van der Waals surface area contributed by atoms with Crippen molar-refractivity contribution in [2.24, 2.45) is 0 Å². The summed E-state index contributed by atoms with van der Waals surface area (Å²) in [5.74, 6) is 0. The monoisotopic (exact) mass is 261 g/mol. The Hall–Kier alpha value is -0.270. The molecule has 0 saturated carbocycles. The van der Waals surface area contributed by atoms with Crippen LogP contribution in [0.4, 0.5) is 5.69 Å². The molecule has 0 bridgehead atoms. The number of hydrogen-bond donors (Lipinski definition) is 1. The van der Waals surface area contributed by atoms with Gasteiger partial charge in [0.05, 0.1) is 0 Å². The van der Waals surface area contributed by atoms with Gasteiger partial charge in [0.1, 0.15) is 7.14 Å². The van der Waals surface area contributed by atoms with Crippen molar-refractivity contribution in [3.8, 4) is 0 Å². The lowest BCUT2D eigenvalue weighted by Crippen LogP contribution is -2.09. The van der Waals surface area contributed by atoms with Crippen LogP contribution in [0.5, 0.6) is 0 Å². The zero-order valence-electron chi connectivity index (χ0n) is 7.97. The highest BCUT2D eigenvalue weighted by atomic mass is 79.9. The van der Waals surface area contributed by atoms with Crippen LogP contribution < -0.4 is 10.6 Å². The fourth-order valence-electron chi connectivity index (χ4n) is 1.18. The first-order valence-corrected chi connectivity index (χ1v) is 7.37. The van der Waals surface area contributed by atoms with Gasteiger partial charge in [-0.2, -0.15) is 0 Å². The quantitative estimate of drug-likeness (QED) is 0.830. The second-order valence-corrected chi connectivity index (χ2v) is 7.36. The summed E-state index contributed by atoms with van der Waals surface area (Å²) in [4.78, 5) is 0. The van der Waals surface area contributed by atoms with Gasteiger partial charge in [-0.25, -0.2) is 0 Å². The van der Waals surface area contributed by atoms with Crippen LogP contribution in [0.1, 0.15) is 0 Å². The van der Waals surface area contributed by atoms with Gasteiger partial charge in [0, 0.05) is 22.5 Å². The number of hydrogen-bond acceptors (Lipinski definition) is 2. The molecule has 0 aliphatic heterocycles. The number of halogens is 1. The van der Waals surface area contributed by atoms with Gasteiger partial charge in [-0.1, -0.05) is 15.9 Å². The van der Waals surface area contributed by atoms with Gasteiger partial charge in [-0.3, -0.25) is 0 Å². The number of anilines is 1. The molecule has 0 fully saturated rings. The highest BCUT2D eigenvalue weighted by molar-refractivity contribution is 9.10. The highest BCUT2D eigenvalue weighted by Crippen LogP contribution is 2.38. The molecule has 0 aliphatic rings. The van der Waals surface area contributed by atoms with E-state index in [0.717, 1.165) is 15.5 Å². The Bertz CT molecular complexity index is 359. The molecule has 72 valence electrons. The highest BCUT2D eigenvalue weighted by Gasteiger charge is 2.15. The largest absolute Gasteiger partial charge is 0.387 e. The summed E-state index contributed by atoms with van der Waals surface area (Å²) in [6, 6.07) is 5.75. The van der Waals surface area contributed by atoms with Crippen LogP contribution in [-0.2, 0) is 4.57 Å². The molecule has 0 amide bonds. The van der Waals surface area contributed by atoms with E-state index in [9.17, 15) is 4.57 Å². The number of nitrogens with one attached hydrogen (secondary N) is 1. The fourth-order valence-corrected chi connectivity index (χ4v) is 2.73. The molecule has 1 N–H and O–H groups in total. The number of rotatable bonds is 2. The zero-order chi connectivity index (χ0) is 10.1. The summed E-state index contributed by atoms with van der Waals surface area (Å²) in [7, 11) is -0.341. The molecular weight excluding hydrogens is 249 g/mol. The van der Waals surface area contributed by atoms with Gasteiger partial charge in [-0.15, -0.1) is 0 Å². The van der Waals surface area contributed by atoms with Gasteiger partial charge in [0.15, 0.2) is 0 Å². The zero-order valence-corrected chi connectivity index (χ0v) is 10.4. The first-order valence-electron chi connectivity index (χ1n) is 3.98. The Morgan fingerprint density at radius 1 is 1.38 bits per heavy atom. The van der Waals surface area contributed by atoms with E-state index in [2.05, 4.69) is 21.2 Å². The van der Waals surface area contributed by atoms with E-state index < -0.39 is 7.14 Å². The molecule has 1 aromatic rings. The van der Waals surface area contributed by atoms with Crippen molar-refractivity contribution in [1.29, 1.82) is 0 Å². The van der Waals surface area contributed by atoms with Crippen LogP contribution in [-0.4, -0.2) is 20.4 Å². The fraction of sp³-hybridized carbons (Fsp3) is 0.333. The lowest BCUT2D eigenvalue weighted by molar-refractivity contribution is 0.588. The maximum Gasteiger partial charge on any atom is 0.111 e. The minimum absolute atomic E-state index is 0.901. The average molecular weight is 262 g/mol. The summed E-state index contributed by atoms with van der Waals surface area (Å²) in [6.07, 6.45) is 0.